The van der Waals surface area contributed by atoms with Gasteiger partial charge in [0.2, 0.25) is 0 Å². The molecule has 1 fully saturated rings. The third-order valence-electron chi connectivity index (χ3n) is 2.73. The smallest absolute Gasteiger partial charge is 0.332 e. The van der Waals surface area contributed by atoms with Gasteiger partial charge in [-0.15, -0.1) is 0 Å². The van der Waals surface area contributed by atoms with Crippen LogP contribution in [0.4, 0.5) is 0 Å². The summed E-state index contributed by atoms with van der Waals surface area (Å²) in [6.07, 6.45) is 1.75. The van der Waals surface area contributed by atoms with Gasteiger partial charge in [0.05, 0.1) is 0 Å². The summed E-state index contributed by atoms with van der Waals surface area (Å²) in [5.41, 5.74) is -0.396. The van der Waals surface area contributed by atoms with Gasteiger partial charge in [-0.25, -0.2) is 10.1 Å². The molecule has 1 rings (SSSR count). The van der Waals surface area contributed by atoms with Crippen LogP contribution in [0.3, 0.4) is 0 Å². The fraction of sp³-hybridized carbons (Fsp3) is 0.889. The Balaban J connectivity index is 0. The third-order valence-corrected chi connectivity index (χ3v) is 2.73. The monoisotopic (exact) mass is 241 g/mol. The first-order valence-corrected chi connectivity index (χ1v) is 4.65. The standard InChI is InChI=1S/C9H18N2O.2ClH/c1-5-9(6-2)7(12)10-8(3,4)11-9;;/h11H,5-6H2,1-4H3,(H,10,12);2*1H/p-1. The molecular formula is C9H19Cl2N2O-. The maximum absolute atomic E-state index is 11.7. The van der Waals surface area contributed by atoms with Crippen molar-refractivity contribution in [2.75, 3.05) is 0 Å². The third kappa shape index (κ3) is 2.83. The van der Waals surface area contributed by atoms with Crippen molar-refractivity contribution in [1.29, 1.82) is 0 Å². The van der Waals surface area contributed by atoms with Crippen LogP contribution in [-0.4, -0.2) is 17.1 Å². The highest BCUT2D eigenvalue weighted by Gasteiger charge is 2.51. The lowest BCUT2D eigenvalue weighted by molar-refractivity contribution is -0.629. The maximum Gasteiger partial charge on any atom is 0.332 e. The summed E-state index contributed by atoms with van der Waals surface area (Å²) in [4.78, 5) is 11.7. The number of rotatable bonds is 2. The molecule has 1 saturated heterocycles. The van der Waals surface area contributed by atoms with E-state index in [4.69, 9.17) is 0 Å². The molecule has 86 valence electrons. The first-order chi connectivity index (χ1) is 5.46. The highest BCUT2D eigenvalue weighted by Crippen LogP contribution is 2.20. The Hall–Kier alpha value is 0.170. The fourth-order valence-electron chi connectivity index (χ4n) is 1.96. The van der Waals surface area contributed by atoms with Crippen LogP contribution in [-0.2, 0) is 4.79 Å². The Bertz CT molecular complexity index is 203. The Morgan fingerprint density at radius 1 is 1.21 bits per heavy atom. The van der Waals surface area contributed by atoms with Gasteiger partial charge in [0.25, 0.3) is 0 Å². The predicted octanol–water partition coefficient (Wildman–Crippen LogP) is -6.02. The van der Waals surface area contributed by atoms with Crippen molar-refractivity contribution in [2.24, 2.45) is 0 Å². The molecule has 0 saturated carbocycles. The van der Waals surface area contributed by atoms with E-state index >= 15 is 0 Å². The first-order valence-electron chi connectivity index (χ1n) is 4.65. The topological polar surface area (TPSA) is 45.7 Å². The molecule has 0 aliphatic carbocycles. The zero-order chi connectivity index (χ0) is 9.41. The first kappa shape index (κ1) is 16.6. The number of hydrogen-bond donors (Lipinski definition) is 2. The average molecular weight is 242 g/mol. The zero-order valence-electron chi connectivity index (χ0n) is 9.16. The van der Waals surface area contributed by atoms with Gasteiger partial charge < -0.3 is 24.8 Å². The molecule has 1 aliphatic rings. The van der Waals surface area contributed by atoms with Gasteiger partial charge in [-0.2, -0.15) is 0 Å². The minimum atomic E-state index is -0.274. The summed E-state index contributed by atoms with van der Waals surface area (Å²) in [7, 11) is 0. The largest absolute Gasteiger partial charge is 1.00 e. The molecule has 0 unspecified atom stereocenters. The number of hydrogen-bond acceptors (Lipinski definition) is 2. The normalized spacial score (nSPS) is 22.4. The number of quaternary nitrogens is 1. The van der Waals surface area contributed by atoms with Crippen molar-refractivity contribution in [2.45, 2.75) is 51.7 Å². The van der Waals surface area contributed by atoms with E-state index in [9.17, 15) is 4.79 Å². The lowest BCUT2D eigenvalue weighted by atomic mass is 9.93. The molecule has 0 bridgehead atoms. The predicted molar refractivity (Wildman–Crippen MR) is 47.5 cm³/mol. The fourth-order valence-corrected chi connectivity index (χ4v) is 1.96. The number of halogens is 2. The van der Waals surface area contributed by atoms with Crippen LogP contribution < -0.4 is 35.4 Å². The molecule has 0 aromatic heterocycles. The van der Waals surface area contributed by atoms with E-state index in [1.54, 1.807) is 5.32 Å². The van der Waals surface area contributed by atoms with Crippen LogP contribution in [0.2, 0.25) is 0 Å². The number of nitrogens with two attached hydrogens (primary N) is 1. The van der Waals surface area contributed by atoms with Crippen molar-refractivity contribution in [3.8, 4) is 0 Å². The Labute approximate surface area is 98.2 Å². The van der Waals surface area contributed by atoms with Gasteiger partial charge in [-0.1, -0.05) is 13.8 Å². The van der Waals surface area contributed by atoms with Crippen LogP contribution in [0.1, 0.15) is 40.5 Å². The van der Waals surface area contributed by atoms with E-state index in [2.05, 4.69) is 19.2 Å². The summed E-state index contributed by atoms with van der Waals surface area (Å²) in [6.45, 7) is 8.20. The quantitative estimate of drug-likeness (QED) is 0.506. The molecule has 1 heterocycles. The van der Waals surface area contributed by atoms with Crippen LogP contribution in [0.5, 0.6) is 0 Å². The van der Waals surface area contributed by atoms with Gasteiger partial charge >= 0.3 is 5.91 Å². The van der Waals surface area contributed by atoms with Gasteiger partial charge in [-0.05, 0) is 12.8 Å². The molecule has 1 amide bonds. The number of amides is 1. The minimum Gasteiger partial charge on any atom is -1.00 e. The van der Waals surface area contributed by atoms with Crippen molar-refractivity contribution < 1.29 is 34.9 Å². The van der Waals surface area contributed by atoms with E-state index < -0.39 is 0 Å². The Morgan fingerprint density at radius 2 is 1.64 bits per heavy atom. The number of carbonyl (C=O) groups is 1. The summed E-state index contributed by atoms with van der Waals surface area (Å²) < 4.78 is 0. The second-order valence-corrected chi connectivity index (χ2v) is 4.14. The second kappa shape index (κ2) is 5.31. The number of primary amides is 1. The molecule has 0 aromatic rings. The Morgan fingerprint density at radius 3 is 1.79 bits per heavy atom. The molecule has 1 aliphatic heterocycles. The highest BCUT2D eigenvalue weighted by molar-refractivity contribution is 5.79. The SMILES string of the molecule is CCC1(CC)NC(C)(C)[NH2+]C1=O.[Cl-].[Cl-]. The van der Waals surface area contributed by atoms with Crippen molar-refractivity contribution >= 4 is 5.91 Å². The second-order valence-electron chi connectivity index (χ2n) is 4.14. The van der Waals surface area contributed by atoms with Gasteiger partial charge in [-0.3, -0.25) is 5.32 Å². The zero-order valence-corrected chi connectivity index (χ0v) is 10.7. The van der Waals surface area contributed by atoms with E-state index in [0.717, 1.165) is 12.8 Å². The highest BCUT2D eigenvalue weighted by atomic mass is 35.5. The van der Waals surface area contributed by atoms with E-state index in [1.807, 2.05) is 13.8 Å². The lowest BCUT2D eigenvalue weighted by Gasteiger charge is -2.22. The summed E-state index contributed by atoms with van der Waals surface area (Å²) in [5.74, 6) is 0.262. The van der Waals surface area contributed by atoms with E-state index in [0.29, 0.717) is 0 Å². The van der Waals surface area contributed by atoms with Crippen LogP contribution in [0, 0.1) is 0 Å². The summed E-state index contributed by atoms with van der Waals surface area (Å²) in [6, 6.07) is 0. The van der Waals surface area contributed by atoms with Crippen molar-refractivity contribution in [3.63, 3.8) is 0 Å². The maximum atomic E-state index is 11.7. The van der Waals surface area contributed by atoms with Crippen LogP contribution in [0.25, 0.3) is 0 Å². The summed E-state index contributed by atoms with van der Waals surface area (Å²) in [5, 5.41) is 5.19. The molecule has 0 atom stereocenters. The van der Waals surface area contributed by atoms with Crippen molar-refractivity contribution in [3.05, 3.63) is 0 Å². The van der Waals surface area contributed by atoms with Crippen LogP contribution >= 0.6 is 0 Å². The molecule has 0 aromatic carbocycles. The van der Waals surface area contributed by atoms with E-state index in [1.165, 1.54) is 0 Å². The number of carbonyl (C=O) groups excluding carboxylic acids is 1. The average Bonchev–Trinajstić information content (AvgIpc) is 2.21. The molecule has 14 heavy (non-hydrogen) atoms. The van der Waals surface area contributed by atoms with Gasteiger partial charge in [0.1, 0.15) is 5.54 Å². The number of nitrogens with one attached hydrogen (secondary N) is 1. The van der Waals surface area contributed by atoms with E-state index in [-0.39, 0.29) is 41.9 Å². The minimum absolute atomic E-state index is 0. The molecule has 0 radical (unpaired) electrons. The van der Waals surface area contributed by atoms with Crippen LogP contribution in [0.15, 0.2) is 0 Å². The molecular weight excluding hydrogens is 223 g/mol. The van der Waals surface area contributed by atoms with Gasteiger partial charge in [0, 0.05) is 13.8 Å². The van der Waals surface area contributed by atoms with Gasteiger partial charge in [0.15, 0.2) is 5.66 Å². The molecule has 0 spiro atoms. The summed E-state index contributed by atoms with van der Waals surface area (Å²) >= 11 is 0. The molecule has 3 nitrogen and oxygen atoms in total. The Kier molecular flexibility index (Phi) is 6.29. The van der Waals surface area contributed by atoms with Crippen molar-refractivity contribution in [1.82, 2.24) is 5.32 Å². The molecule has 5 heteroatoms. The lowest BCUT2D eigenvalue weighted by Crippen LogP contribution is -3.00. The molecule has 3 N–H and O–H groups in total.